The van der Waals surface area contributed by atoms with E-state index in [1.807, 2.05) is 12.1 Å². The molecule has 0 aliphatic heterocycles. The van der Waals surface area contributed by atoms with Crippen LogP contribution in [0.5, 0.6) is 0 Å². The van der Waals surface area contributed by atoms with Crippen LogP contribution in [0.1, 0.15) is 31.9 Å². The molecule has 0 unspecified atom stereocenters. The predicted molar refractivity (Wildman–Crippen MR) is 152 cm³/mol. The van der Waals surface area contributed by atoms with Crippen molar-refractivity contribution < 1.29 is 0 Å². The lowest BCUT2D eigenvalue weighted by molar-refractivity contribution is 0.590. The molecular formula is C35H29N. The van der Waals surface area contributed by atoms with E-state index in [4.69, 9.17) is 0 Å². The van der Waals surface area contributed by atoms with Gasteiger partial charge < -0.3 is 0 Å². The summed E-state index contributed by atoms with van der Waals surface area (Å²) in [6.07, 6.45) is 0. The molecule has 5 aromatic carbocycles. The molecule has 0 radical (unpaired) electrons. The number of hydrogen-bond acceptors (Lipinski definition) is 1. The van der Waals surface area contributed by atoms with Crippen LogP contribution in [0.2, 0.25) is 0 Å². The van der Waals surface area contributed by atoms with Crippen LogP contribution in [-0.4, -0.2) is 0 Å². The quantitative estimate of drug-likeness (QED) is 0.260. The molecule has 0 aliphatic carbocycles. The molecule has 0 atom stereocenters. The van der Waals surface area contributed by atoms with Gasteiger partial charge in [-0.2, -0.15) is 5.26 Å². The lowest BCUT2D eigenvalue weighted by Crippen LogP contribution is -2.12. The molecule has 0 aliphatic rings. The maximum absolute atomic E-state index is 10.4. The Morgan fingerprint density at radius 2 is 0.861 bits per heavy atom. The Kier molecular flexibility index (Phi) is 6.28. The first kappa shape index (κ1) is 23.3. The lowest BCUT2D eigenvalue weighted by Gasteiger charge is -2.23. The number of rotatable bonds is 4. The molecule has 0 heterocycles. The largest absolute Gasteiger partial charge is 0.192 e. The third-order valence-electron chi connectivity index (χ3n) is 6.68. The van der Waals surface area contributed by atoms with Crippen LogP contribution in [0.25, 0.3) is 44.5 Å². The predicted octanol–water partition coefficient (Wildman–Crippen LogP) is 9.52. The van der Waals surface area contributed by atoms with Crippen LogP contribution in [-0.2, 0) is 5.41 Å². The normalized spacial score (nSPS) is 11.2. The SMILES string of the molecule is CC(C)(C)c1cc(-c2cccc(-c3ccccc3)c2)c(C#N)c(-c2cccc(-c3ccccc3)c2)c1. The maximum atomic E-state index is 10.4. The van der Waals surface area contributed by atoms with Gasteiger partial charge in [0.15, 0.2) is 0 Å². The van der Waals surface area contributed by atoms with Crippen molar-refractivity contribution in [2.45, 2.75) is 26.2 Å². The Hall–Kier alpha value is -4.41. The number of hydrogen-bond donors (Lipinski definition) is 0. The Bertz CT molecular complexity index is 1440. The van der Waals surface area contributed by atoms with E-state index in [1.54, 1.807) is 0 Å². The molecule has 0 bridgehead atoms. The molecule has 174 valence electrons. The summed E-state index contributed by atoms with van der Waals surface area (Å²) >= 11 is 0. The van der Waals surface area contributed by atoms with E-state index in [0.717, 1.165) is 33.4 Å². The van der Waals surface area contributed by atoms with Gasteiger partial charge in [0.2, 0.25) is 0 Å². The van der Waals surface area contributed by atoms with E-state index < -0.39 is 0 Å². The lowest BCUT2D eigenvalue weighted by atomic mass is 9.80. The number of benzene rings is 5. The highest BCUT2D eigenvalue weighted by molar-refractivity contribution is 5.86. The monoisotopic (exact) mass is 463 g/mol. The summed E-state index contributed by atoms with van der Waals surface area (Å²) in [4.78, 5) is 0. The van der Waals surface area contributed by atoms with E-state index >= 15 is 0 Å². The molecule has 0 fully saturated rings. The summed E-state index contributed by atoms with van der Waals surface area (Å²) in [6.45, 7) is 6.67. The number of nitrogens with zero attached hydrogens (tertiary/aromatic N) is 1. The minimum absolute atomic E-state index is 0.0639. The molecule has 0 saturated heterocycles. The van der Waals surface area contributed by atoms with Crippen LogP contribution >= 0.6 is 0 Å². The fourth-order valence-electron chi connectivity index (χ4n) is 4.64. The van der Waals surface area contributed by atoms with Crippen molar-refractivity contribution in [2.75, 3.05) is 0 Å². The van der Waals surface area contributed by atoms with Gasteiger partial charge in [-0.25, -0.2) is 0 Å². The average molecular weight is 464 g/mol. The van der Waals surface area contributed by atoms with Crippen molar-refractivity contribution >= 4 is 0 Å². The zero-order valence-electron chi connectivity index (χ0n) is 21.0. The van der Waals surface area contributed by atoms with Gasteiger partial charge in [-0.3, -0.25) is 0 Å². The van der Waals surface area contributed by atoms with Crippen molar-refractivity contribution in [3.05, 3.63) is 132 Å². The highest BCUT2D eigenvalue weighted by atomic mass is 14.3. The molecule has 5 aromatic rings. The van der Waals surface area contributed by atoms with Crippen molar-refractivity contribution in [2.24, 2.45) is 0 Å². The molecule has 5 rings (SSSR count). The molecule has 0 saturated carbocycles. The van der Waals surface area contributed by atoms with Gasteiger partial charge in [0.05, 0.1) is 5.56 Å². The molecule has 0 N–H and O–H groups in total. The van der Waals surface area contributed by atoms with E-state index in [-0.39, 0.29) is 5.41 Å². The molecule has 0 amide bonds. The van der Waals surface area contributed by atoms with Crippen molar-refractivity contribution in [3.63, 3.8) is 0 Å². The van der Waals surface area contributed by atoms with E-state index in [2.05, 4.69) is 136 Å². The van der Waals surface area contributed by atoms with E-state index in [1.165, 1.54) is 16.7 Å². The highest BCUT2D eigenvalue weighted by Gasteiger charge is 2.21. The zero-order valence-corrected chi connectivity index (χ0v) is 21.0. The minimum atomic E-state index is -0.0639. The third-order valence-corrected chi connectivity index (χ3v) is 6.68. The van der Waals surface area contributed by atoms with Crippen molar-refractivity contribution in [3.8, 4) is 50.6 Å². The topological polar surface area (TPSA) is 23.8 Å². The van der Waals surface area contributed by atoms with Crippen molar-refractivity contribution in [1.29, 1.82) is 5.26 Å². The Balaban J connectivity index is 1.72. The molecule has 0 spiro atoms. The molecule has 36 heavy (non-hydrogen) atoms. The molecule has 0 aromatic heterocycles. The van der Waals surface area contributed by atoms with Gasteiger partial charge >= 0.3 is 0 Å². The summed E-state index contributed by atoms with van der Waals surface area (Å²) in [7, 11) is 0. The zero-order chi connectivity index (χ0) is 25.1. The van der Waals surface area contributed by atoms with Crippen LogP contribution in [0.4, 0.5) is 0 Å². The fourth-order valence-corrected chi connectivity index (χ4v) is 4.64. The summed E-state index contributed by atoms with van der Waals surface area (Å²) in [6, 6.07) is 44.8. The van der Waals surface area contributed by atoms with Gasteiger partial charge in [-0.1, -0.05) is 118 Å². The van der Waals surface area contributed by atoms with Gasteiger partial charge in [-0.15, -0.1) is 0 Å². The first-order valence-corrected chi connectivity index (χ1v) is 12.3. The van der Waals surface area contributed by atoms with Crippen molar-refractivity contribution in [1.82, 2.24) is 0 Å². The third kappa shape index (κ3) is 4.72. The van der Waals surface area contributed by atoms with Crippen LogP contribution in [0, 0.1) is 11.3 Å². The van der Waals surface area contributed by atoms with E-state index in [9.17, 15) is 5.26 Å². The Morgan fingerprint density at radius 1 is 0.472 bits per heavy atom. The first-order valence-electron chi connectivity index (χ1n) is 12.3. The Morgan fingerprint density at radius 3 is 1.25 bits per heavy atom. The standard InChI is InChI=1S/C35H29N/c1-35(2,3)31-22-32(29-18-10-16-27(20-29)25-12-6-4-7-13-25)34(24-36)33(23-31)30-19-11-17-28(21-30)26-14-8-5-9-15-26/h4-23H,1-3H3. The van der Waals surface area contributed by atoms with Gasteiger partial charge in [0.1, 0.15) is 6.07 Å². The van der Waals surface area contributed by atoms with E-state index in [0.29, 0.717) is 5.56 Å². The summed E-state index contributed by atoms with van der Waals surface area (Å²) < 4.78 is 0. The Labute approximate surface area is 214 Å². The van der Waals surface area contributed by atoms with Gasteiger partial charge in [-0.05, 0) is 68.6 Å². The van der Waals surface area contributed by atoms with Gasteiger partial charge in [0.25, 0.3) is 0 Å². The number of nitriles is 1. The minimum Gasteiger partial charge on any atom is -0.192 e. The summed E-state index contributed by atoms with van der Waals surface area (Å²) in [5, 5.41) is 10.4. The smallest absolute Gasteiger partial charge is 0.100 e. The molecular weight excluding hydrogens is 434 g/mol. The second-order valence-corrected chi connectivity index (χ2v) is 10.2. The molecule has 1 heteroatoms. The first-order chi connectivity index (χ1) is 17.4. The van der Waals surface area contributed by atoms with Crippen LogP contribution in [0.3, 0.4) is 0 Å². The summed E-state index contributed by atoms with van der Waals surface area (Å²) in [5.74, 6) is 0. The summed E-state index contributed by atoms with van der Waals surface area (Å²) in [5.41, 5.74) is 10.5. The second-order valence-electron chi connectivity index (χ2n) is 10.2. The highest BCUT2D eigenvalue weighted by Crippen LogP contribution is 2.39. The average Bonchev–Trinajstić information content (AvgIpc) is 2.93. The van der Waals surface area contributed by atoms with Gasteiger partial charge in [0, 0.05) is 11.1 Å². The van der Waals surface area contributed by atoms with Crippen LogP contribution < -0.4 is 0 Å². The van der Waals surface area contributed by atoms with Crippen LogP contribution in [0.15, 0.2) is 121 Å². The second kappa shape index (κ2) is 9.68. The maximum Gasteiger partial charge on any atom is 0.100 e. The molecule has 1 nitrogen and oxygen atoms in total. The fraction of sp³-hybridized carbons (Fsp3) is 0.114.